The zero-order valence-corrected chi connectivity index (χ0v) is 7.78. The zero-order valence-electron chi connectivity index (χ0n) is 7.78. The first kappa shape index (κ1) is 8.75. The Labute approximate surface area is 82.1 Å². The van der Waals surface area contributed by atoms with Gasteiger partial charge >= 0.3 is 5.97 Å². The minimum Gasteiger partial charge on any atom is -0.426 e. The Morgan fingerprint density at radius 1 is 1.29 bits per heavy atom. The molecule has 0 bridgehead atoms. The summed E-state index contributed by atoms with van der Waals surface area (Å²) < 4.78 is 5.07. The molecule has 0 atom stereocenters. The molecule has 0 aromatic heterocycles. The number of carbonyl (C=O) groups is 1. The van der Waals surface area contributed by atoms with Gasteiger partial charge in [0.05, 0.1) is 0 Å². The van der Waals surface area contributed by atoms with E-state index < -0.39 is 0 Å². The van der Waals surface area contributed by atoms with E-state index >= 15 is 0 Å². The third-order valence-electron chi connectivity index (χ3n) is 1.92. The van der Waals surface area contributed by atoms with Crippen molar-refractivity contribution in [1.82, 2.24) is 0 Å². The van der Waals surface area contributed by atoms with Crippen molar-refractivity contribution < 1.29 is 9.53 Å². The van der Waals surface area contributed by atoms with Crippen LogP contribution in [0.2, 0.25) is 0 Å². The third-order valence-corrected chi connectivity index (χ3v) is 1.92. The first-order chi connectivity index (χ1) is 6.77. The second kappa shape index (κ2) is 3.50. The summed E-state index contributed by atoms with van der Waals surface area (Å²) in [6.45, 7) is 1.39. The van der Waals surface area contributed by atoms with Crippen LogP contribution < -0.4 is 4.74 Å². The fraction of sp³-hybridized carbons (Fsp3) is 0.0833. The maximum atomic E-state index is 10.8. The molecule has 0 heterocycles. The number of rotatable bonds is 1. The van der Waals surface area contributed by atoms with Gasteiger partial charge in [-0.25, -0.2) is 0 Å². The van der Waals surface area contributed by atoms with Gasteiger partial charge in [-0.15, -0.1) is 0 Å². The van der Waals surface area contributed by atoms with E-state index in [1.165, 1.54) is 6.92 Å². The average Bonchev–Trinajstić information content (AvgIpc) is 2.18. The molecule has 14 heavy (non-hydrogen) atoms. The highest BCUT2D eigenvalue weighted by Crippen LogP contribution is 2.24. The standard InChI is InChI=1S/C12H9O2/c1-9(13)14-12-8-4-6-10-5-2-3-7-11(10)12/h2-4,6-8H,1H3. The Hall–Kier alpha value is -1.83. The summed E-state index contributed by atoms with van der Waals surface area (Å²) >= 11 is 0. The molecular weight excluding hydrogens is 176 g/mol. The van der Waals surface area contributed by atoms with Crippen molar-refractivity contribution in [2.75, 3.05) is 0 Å². The van der Waals surface area contributed by atoms with Crippen molar-refractivity contribution in [2.45, 2.75) is 6.92 Å². The van der Waals surface area contributed by atoms with Crippen LogP contribution >= 0.6 is 0 Å². The molecule has 2 aromatic rings. The highest BCUT2D eigenvalue weighted by Gasteiger charge is 2.02. The molecule has 2 rings (SSSR count). The van der Waals surface area contributed by atoms with E-state index in [4.69, 9.17) is 4.74 Å². The monoisotopic (exact) mass is 185 g/mol. The number of benzene rings is 2. The lowest BCUT2D eigenvalue weighted by Gasteiger charge is -2.04. The van der Waals surface area contributed by atoms with Crippen LogP contribution in [-0.2, 0) is 4.79 Å². The molecule has 0 unspecified atom stereocenters. The second-order valence-electron chi connectivity index (χ2n) is 2.98. The predicted molar refractivity (Wildman–Crippen MR) is 54.1 cm³/mol. The van der Waals surface area contributed by atoms with E-state index in [2.05, 4.69) is 6.07 Å². The van der Waals surface area contributed by atoms with E-state index in [1.54, 1.807) is 6.07 Å². The molecule has 0 aliphatic heterocycles. The van der Waals surface area contributed by atoms with Crippen molar-refractivity contribution in [1.29, 1.82) is 0 Å². The van der Waals surface area contributed by atoms with Gasteiger partial charge in [0.15, 0.2) is 0 Å². The van der Waals surface area contributed by atoms with Crippen LogP contribution in [-0.4, -0.2) is 5.97 Å². The fourth-order valence-corrected chi connectivity index (χ4v) is 1.37. The average molecular weight is 185 g/mol. The van der Waals surface area contributed by atoms with Gasteiger partial charge in [-0.2, -0.15) is 0 Å². The number of ether oxygens (including phenoxy) is 1. The van der Waals surface area contributed by atoms with Crippen LogP contribution in [0.3, 0.4) is 0 Å². The Bertz CT molecular complexity index is 469. The lowest BCUT2D eigenvalue weighted by Crippen LogP contribution is -2.01. The Morgan fingerprint density at radius 3 is 2.93 bits per heavy atom. The summed E-state index contributed by atoms with van der Waals surface area (Å²) in [5.74, 6) is 0.285. The second-order valence-corrected chi connectivity index (χ2v) is 2.98. The SMILES string of the molecule is CC(=O)Oc1cccc2[c]cccc12. The molecule has 0 fully saturated rings. The number of hydrogen-bond donors (Lipinski definition) is 0. The largest absolute Gasteiger partial charge is 0.426 e. The fourth-order valence-electron chi connectivity index (χ4n) is 1.37. The Kier molecular flexibility index (Phi) is 2.19. The molecule has 1 radical (unpaired) electrons. The predicted octanol–water partition coefficient (Wildman–Crippen LogP) is 2.57. The van der Waals surface area contributed by atoms with Crippen LogP contribution in [0.25, 0.3) is 10.8 Å². The zero-order chi connectivity index (χ0) is 9.97. The highest BCUT2D eigenvalue weighted by molar-refractivity contribution is 5.89. The van der Waals surface area contributed by atoms with Crippen LogP contribution in [0.15, 0.2) is 36.4 Å². The first-order valence-corrected chi connectivity index (χ1v) is 4.35. The van der Waals surface area contributed by atoms with Gasteiger partial charge < -0.3 is 4.74 Å². The van der Waals surface area contributed by atoms with Crippen LogP contribution in [0.1, 0.15) is 6.92 Å². The molecule has 0 amide bonds. The van der Waals surface area contributed by atoms with Gasteiger partial charge in [0, 0.05) is 12.3 Å². The van der Waals surface area contributed by atoms with Crippen LogP contribution in [0.5, 0.6) is 5.75 Å². The van der Waals surface area contributed by atoms with E-state index in [-0.39, 0.29) is 5.97 Å². The maximum Gasteiger partial charge on any atom is 0.308 e. The van der Waals surface area contributed by atoms with Gasteiger partial charge in [0.2, 0.25) is 0 Å². The smallest absolute Gasteiger partial charge is 0.308 e. The molecular formula is C12H9O2. The van der Waals surface area contributed by atoms with Crippen molar-refractivity contribution >= 4 is 16.7 Å². The lowest BCUT2D eigenvalue weighted by molar-refractivity contribution is -0.131. The molecule has 0 saturated heterocycles. The molecule has 2 aromatic carbocycles. The molecule has 0 aliphatic rings. The first-order valence-electron chi connectivity index (χ1n) is 4.35. The van der Waals surface area contributed by atoms with E-state index in [1.807, 2.05) is 30.3 Å². The highest BCUT2D eigenvalue weighted by atomic mass is 16.5. The molecule has 69 valence electrons. The summed E-state index contributed by atoms with van der Waals surface area (Å²) in [7, 11) is 0. The Balaban J connectivity index is 2.59. The molecule has 2 nitrogen and oxygen atoms in total. The number of esters is 1. The molecule has 0 N–H and O–H groups in total. The molecule has 2 heteroatoms. The van der Waals surface area contributed by atoms with Gasteiger partial charge in [0.1, 0.15) is 5.75 Å². The van der Waals surface area contributed by atoms with Gasteiger partial charge in [0.25, 0.3) is 0 Å². The van der Waals surface area contributed by atoms with E-state index in [0.717, 1.165) is 10.8 Å². The van der Waals surface area contributed by atoms with Gasteiger partial charge in [-0.1, -0.05) is 30.3 Å². The van der Waals surface area contributed by atoms with Crippen molar-refractivity contribution in [3.63, 3.8) is 0 Å². The maximum absolute atomic E-state index is 10.8. The third kappa shape index (κ3) is 1.59. The van der Waals surface area contributed by atoms with E-state index in [0.29, 0.717) is 5.75 Å². The summed E-state index contributed by atoms with van der Waals surface area (Å²) in [6.07, 6.45) is 0. The van der Waals surface area contributed by atoms with Gasteiger partial charge in [-0.3, -0.25) is 4.79 Å². The van der Waals surface area contributed by atoms with Gasteiger partial charge in [-0.05, 0) is 17.5 Å². The van der Waals surface area contributed by atoms with Crippen LogP contribution in [0, 0.1) is 6.07 Å². The Morgan fingerprint density at radius 2 is 2.14 bits per heavy atom. The summed E-state index contributed by atoms with van der Waals surface area (Å²) in [5.41, 5.74) is 0. The lowest BCUT2D eigenvalue weighted by atomic mass is 10.1. The molecule has 0 aliphatic carbocycles. The van der Waals surface area contributed by atoms with Crippen molar-refractivity contribution in [2.24, 2.45) is 0 Å². The summed E-state index contributed by atoms with van der Waals surface area (Å²) in [5, 5.41) is 1.86. The molecule has 0 spiro atoms. The minimum atomic E-state index is -0.304. The summed E-state index contributed by atoms with van der Waals surface area (Å²) in [4.78, 5) is 10.8. The van der Waals surface area contributed by atoms with Crippen LogP contribution in [0.4, 0.5) is 0 Å². The van der Waals surface area contributed by atoms with Crippen molar-refractivity contribution in [3.8, 4) is 5.75 Å². The number of fused-ring (bicyclic) bond motifs is 1. The quantitative estimate of drug-likeness (QED) is 0.504. The normalized spacial score (nSPS) is 10.1. The number of carbonyl (C=O) groups excluding carboxylic acids is 1. The van der Waals surface area contributed by atoms with E-state index in [9.17, 15) is 4.79 Å². The molecule has 0 saturated carbocycles. The number of hydrogen-bond acceptors (Lipinski definition) is 2. The topological polar surface area (TPSA) is 26.3 Å². The summed E-state index contributed by atoms with van der Waals surface area (Å²) in [6, 6.07) is 14.2. The van der Waals surface area contributed by atoms with Crippen molar-refractivity contribution in [3.05, 3.63) is 42.5 Å². The minimum absolute atomic E-state index is 0.304.